The molecule has 0 aromatic heterocycles. The average molecular weight is 147 g/mol. The van der Waals surface area contributed by atoms with Crippen LogP contribution in [0, 0.1) is 0 Å². The smallest absolute Gasteiger partial charge is 0.267 e. The Labute approximate surface area is 65.6 Å². The molecule has 0 aliphatic heterocycles. The summed E-state index contributed by atoms with van der Waals surface area (Å²) in [5, 5.41) is 0. The third-order valence-corrected chi connectivity index (χ3v) is 1.27. The maximum Gasteiger partial charge on any atom is 0.276 e. The van der Waals surface area contributed by atoms with Crippen LogP contribution in [0.4, 0.5) is 0 Å². The lowest BCUT2D eigenvalue weighted by molar-refractivity contribution is 0.100. The molecule has 1 amide bonds. The molecule has 1 aromatic rings. The van der Waals surface area contributed by atoms with Gasteiger partial charge in [0.2, 0.25) is 0 Å². The standard InChI is InChI=1S/C9H9NO/c1-2-10-9(11)8-6-4-3-5-7-8/h2-7H,1H3/b10-2+. The minimum absolute atomic E-state index is 0.187. The van der Waals surface area contributed by atoms with Crippen molar-refractivity contribution in [2.75, 3.05) is 0 Å². The molecule has 0 spiro atoms. The van der Waals surface area contributed by atoms with Crippen LogP contribution in [0.5, 0.6) is 0 Å². The molecule has 0 saturated carbocycles. The van der Waals surface area contributed by atoms with E-state index in [2.05, 4.69) is 4.99 Å². The molecule has 0 saturated heterocycles. The van der Waals surface area contributed by atoms with E-state index in [0.29, 0.717) is 5.56 Å². The monoisotopic (exact) mass is 147 g/mol. The van der Waals surface area contributed by atoms with Gasteiger partial charge in [0.05, 0.1) is 0 Å². The lowest BCUT2D eigenvalue weighted by atomic mass is 10.2. The molecule has 0 bridgehead atoms. The second kappa shape index (κ2) is 3.66. The van der Waals surface area contributed by atoms with E-state index >= 15 is 0 Å². The second-order valence-corrected chi connectivity index (χ2v) is 2.06. The van der Waals surface area contributed by atoms with Gasteiger partial charge >= 0.3 is 0 Å². The van der Waals surface area contributed by atoms with E-state index in [9.17, 15) is 4.79 Å². The predicted molar refractivity (Wildman–Crippen MR) is 44.9 cm³/mol. The molecule has 0 atom stereocenters. The Bertz CT molecular complexity index is 264. The van der Waals surface area contributed by atoms with Crippen molar-refractivity contribution < 1.29 is 4.79 Å². The van der Waals surface area contributed by atoms with Crippen LogP contribution in [0.15, 0.2) is 35.3 Å². The molecule has 2 heteroatoms. The maximum atomic E-state index is 11.0. The van der Waals surface area contributed by atoms with Crippen molar-refractivity contribution in [2.24, 2.45) is 4.99 Å². The van der Waals surface area contributed by atoms with E-state index in [1.54, 1.807) is 19.1 Å². The number of hydrogen-bond donors (Lipinski definition) is 0. The van der Waals surface area contributed by atoms with Gasteiger partial charge in [-0.05, 0) is 19.1 Å². The van der Waals surface area contributed by atoms with Gasteiger partial charge < -0.3 is 0 Å². The Balaban J connectivity index is 2.86. The van der Waals surface area contributed by atoms with Crippen LogP contribution in [0.3, 0.4) is 0 Å². The molecule has 56 valence electrons. The third-order valence-electron chi connectivity index (χ3n) is 1.27. The summed E-state index contributed by atoms with van der Waals surface area (Å²) >= 11 is 0. The molecule has 0 aliphatic carbocycles. The summed E-state index contributed by atoms with van der Waals surface area (Å²) < 4.78 is 0. The summed E-state index contributed by atoms with van der Waals surface area (Å²) in [6.07, 6.45) is 1.50. The van der Waals surface area contributed by atoms with Crippen molar-refractivity contribution in [1.82, 2.24) is 0 Å². The highest BCUT2D eigenvalue weighted by atomic mass is 16.1. The topological polar surface area (TPSA) is 29.4 Å². The quantitative estimate of drug-likeness (QED) is 0.558. The summed E-state index contributed by atoms with van der Waals surface area (Å²) in [5.41, 5.74) is 0.630. The predicted octanol–water partition coefficient (Wildman–Crippen LogP) is 1.92. The number of nitrogens with zero attached hydrogens (tertiary/aromatic N) is 1. The molecule has 0 N–H and O–H groups in total. The first-order valence-electron chi connectivity index (χ1n) is 3.42. The summed E-state index contributed by atoms with van der Waals surface area (Å²) in [4.78, 5) is 14.7. The minimum Gasteiger partial charge on any atom is -0.267 e. The fourth-order valence-corrected chi connectivity index (χ4v) is 0.773. The zero-order valence-electron chi connectivity index (χ0n) is 6.32. The molecule has 0 fully saturated rings. The van der Waals surface area contributed by atoms with Gasteiger partial charge in [0.25, 0.3) is 5.91 Å². The molecule has 0 unspecified atom stereocenters. The van der Waals surface area contributed by atoms with Crippen LogP contribution in [-0.4, -0.2) is 12.1 Å². The Morgan fingerprint density at radius 2 is 2.00 bits per heavy atom. The van der Waals surface area contributed by atoms with Gasteiger partial charge in [0.1, 0.15) is 0 Å². The summed E-state index contributed by atoms with van der Waals surface area (Å²) in [6.45, 7) is 1.72. The fraction of sp³-hybridized carbons (Fsp3) is 0.111. The van der Waals surface area contributed by atoms with Gasteiger partial charge in [-0.25, -0.2) is 4.99 Å². The zero-order valence-corrected chi connectivity index (χ0v) is 6.32. The lowest BCUT2D eigenvalue weighted by Crippen LogP contribution is -1.92. The van der Waals surface area contributed by atoms with E-state index in [1.807, 2.05) is 18.2 Å². The molecule has 1 aromatic carbocycles. The number of rotatable bonds is 1. The van der Waals surface area contributed by atoms with Crippen molar-refractivity contribution in [3.05, 3.63) is 35.9 Å². The van der Waals surface area contributed by atoms with Gasteiger partial charge in [-0.15, -0.1) is 0 Å². The van der Waals surface area contributed by atoms with Gasteiger partial charge in [-0.2, -0.15) is 0 Å². The van der Waals surface area contributed by atoms with Crippen LogP contribution in [0.1, 0.15) is 17.3 Å². The van der Waals surface area contributed by atoms with Gasteiger partial charge in [-0.1, -0.05) is 18.2 Å². The SMILES string of the molecule is C/C=N/C(=O)c1ccccc1. The van der Waals surface area contributed by atoms with Crippen molar-refractivity contribution in [1.29, 1.82) is 0 Å². The summed E-state index contributed by atoms with van der Waals surface area (Å²) in [7, 11) is 0. The van der Waals surface area contributed by atoms with Gasteiger partial charge in [0, 0.05) is 11.8 Å². The summed E-state index contributed by atoms with van der Waals surface area (Å²) in [5.74, 6) is -0.187. The van der Waals surface area contributed by atoms with Gasteiger partial charge in [-0.3, -0.25) is 4.79 Å². The minimum atomic E-state index is -0.187. The molecular formula is C9H9NO. The largest absolute Gasteiger partial charge is 0.276 e. The highest BCUT2D eigenvalue weighted by molar-refractivity contribution is 5.98. The summed E-state index contributed by atoms with van der Waals surface area (Å²) in [6, 6.07) is 8.99. The molecule has 1 rings (SSSR count). The van der Waals surface area contributed by atoms with E-state index in [4.69, 9.17) is 0 Å². The lowest BCUT2D eigenvalue weighted by Gasteiger charge is -1.91. The van der Waals surface area contributed by atoms with Crippen molar-refractivity contribution in [3.8, 4) is 0 Å². The number of carbonyl (C=O) groups is 1. The Morgan fingerprint density at radius 1 is 1.36 bits per heavy atom. The van der Waals surface area contributed by atoms with Crippen LogP contribution in [0.25, 0.3) is 0 Å². The molecule has 0 aliphatic rings. The van der Waals surface area contributed by atoms with Crippen molar-refractivity contribution in [3.63, 3.8) is 0 Å². The molecular weight excluding hydrogens is 138 g/mol. The third kappa shape index (κ3) is 2.00. The molecule has 2 nitrogen and oxygen atoms in total. The average Bonchev–Trinajstić information content (AvgIpc) is 2.07. The zero-order chi connectivity index (χ0) is 8.10. The molecule has 0 radical (unpaired) electrons. The maximum absolute atomic E-state index is 11.0. The number of amides is 1. The highest BCUT2D eigenvalue weighted by Crippen LogP contribution is 1.99. The first kappa shape index (κ1) is 7.66. The first-order valence-corrected chi connectivity index (χ1v) is 3.42. The molecule has 11 heavy (non-hydrogen) atoms. The second-order valence-electron chi connectivity index (χ2n) is 2.06. The van der Waals surface area contributed by atoms with Crippen LogP contribution in [0.2, 0.25) is 0 Å². The number of carbonyl (C=O) groups excluding carboxylic acids is 1. The van der Waals surface area contributed by atoms with E-state index in [0.717, 1.165) is 0 Å². The van der Waals surface area contributed by atoms with Crippen LogP contribution in [-0.2, 0) is 0 Å². The van der Waals surface area contributed by atoms with Crippen molar-refractivity contribution in [2.45, 2.75) is 6.92 Å². The van der Waals surface area contributed by atoms with E-state index < -0.39 is 0 Å². The van der Waals surface area contributed by atoms with Crippen molar-refractivity contribution >= 4 is 12.1 Å². The Morgan fingerprint density at radius 3 is 2.55 bits per heavy atom. The number of aliphatic imine (C=N–C) groups is 1. The van der Waals surface area contributed by atoms with Crippen LogP contribution >= 0.6 is 0 Å². The molecule has 0 heterocycles. The van der Waals surface area contributed by atoms with E-state index in [1.165, 1.54) is 6.21 Å². The number of hydrogen-bond acceptors (Lipinski definition) is 1. The Kier molecular flexibility index (Phi) is 2.55. The highest BCUT2D eigenvalue weighted by Gasteiger charge is 1.98. The normalized spacial score (nSPS) is 10.3. The van der Waals surface area contributed by atoms with E-state index in [-0.39, 0.29) is 5.91 Å². The Hall–Kier alpha value is -1.44. The number of benzene rings is 1. The fourth-order valence-electron chi connectivity index (χ4n) is 0.773. The first-order chi connectivity index (χ1) is 5.34. The van der Waals surface area contributed by atoms with Crippen LogP contribution < -0.4 is 0 Å². The van der Waals surface area contributed by atoms with Gasteiger partial charge in [0.15, 0.2) is 0 Å².